The van der Waals surface area contributed by atoms with Crippen LogP contribution in [0.3, 0.4) is 0 Å². The summed E-state index contributed by atoms with van der Waals surface area (Å²) in [5.41, 5.74) is 0.607. The van der Waals surface area contributed by atoms with Gasteiger partial charge in [0.15, 0.2) is 5.78 Å². The maximum atomic E-state index is 14.6. The van der Waals surface area contributed by atoms with Crippen LogP contribution in [-0.2, 0) is 11.2 Å². The number of alkyl halides is 2. The summed E-state index contributed by atoms with van der Waals surface area (Å²) in [7, 11) is 3.80. The number of amides is 1. The third-order valence-electron chi connectivity index (χ3n) is 7.24. The molecule has 9 heteroatoms. The number of hydrogen-bond donors (Lipinski definition) is 1. The van der Waals surface area contributed by atoms with E-state index in [-0.39, 0.29) is 24.2 Å². The number of benzene rings is 1. The Morgan fingerprint density at radius 2 is 1.89 bits per heavy atom. The molecule has 1 saturated carbocycles. The second kappa shape index (κ2) is 11.5. The molecule has 5 nitrogen and oxygen atoms in total. The molecule has 0 spiro atoms. The second-order valence-electron chi connectivity index (χ2n) is 9.91. The van der Waals surface area contributed by atoms with Crippen molar-refractivity contribution < 1.29 is 18.4 Å². The van der Waals surface area contributed by atoms with E-state index in [1.54, 1.807) is 31.2 Å². The molecule has 0 bridgehead atoms. The standard InChI is InChI=1S/C27H33Cl2F2N3O2/c1-5-24(35)18-7-6-17(22(29)13-18)12-20(34(3)4)16-33-25(36)14-21(23-9-8-19(28)15-32-23)27(10-11-27)26(2,30)31/h6-9,13,15,20-21H,5,10-12,14,16H2,1-4H3,(H,33,36)/t20-,21?/m0/s1. The molecule has 0 saturated heterocycles. The summed E-state index contributed by atoms with van der Waals surface area (Å²) in [6, 6.07) is 8.44. The van der Waals surface area contributed by atoms with Crippen LogP contribution in [0.15, 0.2) is 36.5 Å². The monoisotopic (exact) mass is 539 g/mol. The molecule has 1 fully saturated rings. The van der Waals surface area contributed by atoms with Crippen LogP contribution in [0.4, 0.5) is 8.78 Å². The van der Waals surface area contributed by atoms with Gasteiger partial charge in [-0.05, 0) is 64.0 Å². The molecule has 2 atom stereocenters. The molecular weight excluding hydrogens is 507 g/mol. The fourth-order valence-electron chi connectivity index (χ4n) is 4.68. The van der Waals surface area contributed by atoms with Gasteiger partial charge in [-0.15, -0.1) is 0 Å². The summed E-state index contributed by atoms with van der Waals surface area (Å²) >= 11 is 12.4. The molecule has 1 aliphatic rings. The highest BCUT2D eigenvalue weighted by Gasteiger charge is 2.64. The number of rotatable bonds is 12. The van der Waals surface area contributed by atoms with Crippen molar-refractivity contribution in [2.45, 2.75) is 63.8 Å². The number of nitrogens with one attached hydrogen (secondary N) is 1. The van der Waals surface area contributed by atoms with E-state index >= 15 is 0 Å². The van der Waals surface area contributed by atoms with E-state index in [9.17, 15) is 18.4 Å². The lowest BCUT2D eigenvalue weighted by molar-refractivity contribution is -0.124. The van der Waals surface area contributed by atoms with E-state index in [0.29, 0.717) is 53.5 Å². The molecule has 1 aromatic carbocycles. The molecule has 0 aliphatic heterocycles. The molecule has 36 heavy (non-hydrogen) atoms. The Labute approximate surface area is 221 Å². The number of nitrogens with zero attached hydrogens (tertiary/aromatic N) is 2. The minimum atomic E-state index is -2.94. The Balaban J connectivity index is 1.70. The first-order valence-electron chi connectivity index (χ1n) is 12.1. The van der Waals surface area contributed by atoms with Crippen molar-refractivity contribution in [3.05, 3.63) is 63.4 Å². The van der Waals surface area contributed by atoms with Crippen molar-refractivity contribution >= 4 is 34.9 Å². The van der Waals surface area contributed by atoms with Crippen molar-refractivity contribution in [3.8, 4) is 0 Å². The molecule has 2 aromatic rings. The van der Waals surface area contributed by atoms with Crippen LogP contribution in [0.2, 0.25) is 10.0 Å². The van der Waals surface area contributed by atoms with E-state index < -0.39 is 17.3 Å². The number of hydrogen-bond acceptors (Lipinski definition) is 4. The molecular formula is C27H33Cl2F2N3O2. The fourth-order valence-corrected chi connectivity index (χ4v) is 5.04. The summed E-state index contributed by atoms with van der Waals surface area (Å²) in [6.45, 7) is 3.04. The predicted molar refractivity (Wildman–Crippen MR) is 139 cm³/mol. The Bertz CT molecular complexity index is 1080. The van der Waals surface area contributed by atoms with E-state index in [0.717, 1.165) is 12.5 Å². The molecule has 3 rings (SSSR count). The zero-order valence-electron chi connectivity index (χ0n) is 21.1. The van der Waals surface area contributed by atoms with Gasteiger partial charge in [0, 0.05) is 59.2 Å². The van der Waals surface area contributed by atoms with Crippen LogP contribution in [0.1, 0.15) is 67.1 Å². The van der Waals surface area contributed by atoms with Crippen molar-refractivity contribution in [2.24, 2.45) is 5.41 Å². The predicted octanol–water partition coefficient (Wildman–Crippen LogP) is 6.18. The molecule has 196 valence electrons. The van der Waals surface area contributed by atoms with Gasteiger partial charge >= 0.3 is 0 Å². The molecule has 1 amide bonds. The summed E-state index contributed by atoms with van der Waals surface area (Å²) in [5.74, 6) is -3.94. The van der Waals surface area contributed by atoms with Crippen LogP contribution in [-0.4, -0.2) is 54.2 Å². The zero-order chi connectivity index (χ0) is 26.7. The minimum Gasteiger partial charge on any atom is -0.355 e. The van der Waals surface area contributed by atoms with Crippen LogP contribution < -0.4 is 5.32 Å². The second-order valence-corrected chi connectivity index (χ2v) is 10.8. The van der Waals surface area contributed by atoms with Gasteiger partial charge in [-0.1, -0.05) is 42.3 Å². The van der Waals surface area contributed by atoms with Gasteiger partial charge in [0.2, 0.25) is 5.91 Å². The number of carbonyl (C=O) groups excluding carboxylic acids is 2. The van der Waals surface area contributed by atoms with Crippen molar-refractivity contribution in [3.63, 3.8) is 0 Å². The normalized spacial score (nSPS) is 16.5. The first-order valence-corrected chi connectivity index (χ1v) is 12.9. The van der Waals surface area contributed by atoms with Gasteiger partial charge in [0.25, 0.3) is 5.92 Å². The smallest absolute Gasteiger partial charge is 0.251 e. The number of carbonyl (C=O) groups is 2. The van der Waals surface area contributed by atoms with Crippen LogP contribution in [0.5, 0.6) is 0 Å². The van der Waals surface area contributed by atoms with Crippen LogP contribution >= 0.6 is 23.2 Å². The number of Topliss-reactive ketones (excluding diaryl/α,β-unsaturated/α-hetero) is 1. The maximum absolute atomic E-state index is 14.6. The van der Waals surface area contributed by atoms with E-state index in [4.69, 9.17) is 23.2 Å². The van der Waals surface area contributed by atoms with Gasteiger partial charge in [-0.2, -0.15) is 0 Å². The van der Waals surface area contributed by atoms with E-state index in [2.05, 4.69) is 10.3 Å². The largest absolute Gasteiger partial charge is 0.355 e. The highest BCUT2D eigenvalue weighted by atomic mass is 35.5. The molecule has 1 N–H and O–H groups in total. The average Bonchev–Trinajstić information content (AvgIpc) is 3.63. The number of ketones is 1. The van der Waals surface area contributed by atoms with Crippen molar-refractivity contribution in [2.75, 3.05) is 20.6 Å². The Morgan fingerprint density at radius 1 is 1.19 bits per heavy atom. The quantitative estimate of drug-likeness (QED) is 0.327. The third kappa shape index (κ3) is 6.61. The minimum absolute atomic E-state index is 0.0238. The third-order valence-corrected chi connectivity index (χ3v) is 7.82. The maximum Gasteiger partial charge on any atom is 0.251 e. The first kappa shape index (κ1) is 28.5. The molecule has 0 radical (unpaired) electrons. The van der Waals surface area contributed by atoms with Gasteiger partial charge < -0.3 is 10.2 Å². The highest BCUT2D eigenvalue weighted by molar-refractivity contribution is 6.31. The molecule has 1 aromatic heterocycles. The molecule has 1 heterocycles. The molecule has 1 unspecified atom stereocenters. The van der Waals surface area contributed by atoms with Gasteiger partial charge in [0.1, 0.15) is 0 Å². The van der Waals surface area contributed by atoms with Crippen LogP contribution in [0.25, 0.3) is 0 Å². The molecule has 1 aliphatic carbocycles. The zero-order valence-corrected chi connectivity index (χ0v) is 22.6. The van der Waals surface area contributed by atoms with Crippen molar-refractivity contribution in [1.82, 2.24) is 15.2 Å². The Morgan fingerprint density at radius 3 is 2.39 bits per heavy atom. The van der Waals surface area contributed by atoms with E-state index in [1.807, 2.05) is 25.1 Å². The summed E-state index contributed by atoms with van der Waals surface area (Å²) in [4.78, 5) is 31.2. The van der Waals surface area contributed by atoms with Gasteiger partial charge in [0.05, 0.1) is 5.02 Å². The highest BCUT2D eigenvalue weighted by Crippen LogP contribution is 2.65. The lowest BCUT2D eigenvalue weighted by Crippen LogP contribution is -2.43. The van der Waals surface area contributed by atoms with Gasteiger partial charge in [-0.3, -0.25) is 14.6 Å². The topological polar surface area (TPSA) is 62.3 Å². The number of halogens is 4. The average molecular weight is 540 g/mol. The first-order chi connectivity index (χ1) is 16.9. The summed E-state index contributed by atoms with van der Waals surface area (Å²) in [5, 5.41) is 3.84. The SMILES string of the molecule is CCC(=O)c1ccc(C[C@@H](CNC(=O)CC(c2ccc(Cl)cn2)C2(C(C)(F)F)CC2)N(C)C)c(Cl)c1. The van der Waals surface area contributed by atoms with Gasteiger partial charge in [-0.25, -0.2) is 8.78 Å². The lowest BCUT2D eigenvalue weighted by atomic mass is 9.79. The van der Waals surface area contributed by atoms with Crippen molar-refractivity contribution in [1.29, 1.82) is 0 Å². The summed E-state index contributed by atoms with van der Waals surface area (Å²) < 4.78 is 29.2. The number of likely N-dealkylation sites (N-methyl/N-ethyl adjacent to an activating group) is 1. The number of pyridine rings is 1. The van der Waals surface area contributed by atoms with E-state index in [1.165, 1.54) is 6.20 Å². The fraction of sp³-hybridized carbons (Fsp3) is 0.519. The summed E-state index contributed by atoms with van der Waals surface area (Å²) in [6.07, 6.45) is 2.97. The number of aromatic nitrogens is 1. The lowest BCUT2D eigenvalue weighted by Gasteiger charge is -2.32. The van der Waals surface area contributed by atoms with Crippen LogP contribution in [0, 0.1) is 5.41 Å². The Kier molecular flexibility index (Phi) is 9.12. The Hall–Kier alpha value is -2.09.